The minimum absolute atomic E-state index is 0. The van der Waals surface area contributed by atoms with Gasteiger partial charge in [-0.05, 0) is 84.7 Å². The SMILES string of the molecule is Cl.Cl.NC1CCC(OC(=O)Nc2cc(CCC(=O)Nc3ccc(CNC[C@H](O)c4ccc(O)c5[nH]c(=O)ccc45)cc3)ccc2-c2ccccc2)CC1. The van der Waals surface area contributed by atoms with Crippen LogP contribution in [0.4, 0.5) is 16.2 Å². The van der Waals surface area contributed by atoms with Gasteiger partial charge in [0.1, 0.15) is 11.9 Å². The van der Waals surface area contributed by atoms with Crippen molar-refractivity contribution in [2.45, 2.75) is 63.3 Å². The number of phenolic OH excluding ortho intramolecular Hbond substituents is 1. The second-order valence-corrected chi connectivity index (χ2v) is 13.0. The average molecular weight is 763 g/mol. The summed E-state index contributed by atoms with van der Waals surface area (Å²) < 4.78 is 5.72. The molecule has 0 bridgehead atoms. The zero-order valence-electron chi connectivity index (χ0n) is 29.0. The minimum Gasteiger partial charge on any atom is -0.506 e. The summed E-state index contributed by atoms with van der Waals surface area (Å²) in [6, 6.07) is 29.3. The molecule has 1 heterocycles. The van der Waals surface area contributed by atoms with Crippen molar-refractivity contribution in [2.24, 2.45) is 5.73 Å². The van der Waals surface area contributed by atoms with Crippen molar-refractivity contribution in [3.8, 4) is 16.9 Å². The van der Waals surface area contributed by atoms with Crippen LogP contribution in [0.2, 0.25) is 0 Å². The number of hydrogen-bond acceptors (Lipinski definition) is 8. The molecule has 280 valence electrons. The number of nitrogens with two attached hydrogens (primary N) is 1. The predicted octanol–water partition coefficient (Wildman–Crippen LogP) is 6.96. The molecule has 1 fully saturated rings. The number of amides is 2. The van der Waals surface area contributed by atoms with E-state index in [9.17, 15) is 24.6 Å². The van der Waals surface area contributed by atoms with Crippen LogP contribution in [0, 0.1) is 0 Å². The first-order chi connectivity index (χ1) is 24.7. The third kappa shape index (κ3) is 11.0. The molecule has 0 aliphatic heterocycles. The Labute approximate surface area is 320 Å². The number of anilines is 2. The van der Waals surface area contributed by atoms with Crippen LogP contribution in [-0.4, -0.2) is 45.9 Å². The first-order valence-corrected chi connectivity index (χ1v) is 17.3. The van der Waals surface area contributed by atoms with E-state index in [-0.39, 0.29) is 72.7 Å². The van der Waals surface area contributed by atoms with Gasteiger partial charge in [0.15, 0.2) is 0 Å². The summed E-state index contributed by atoms with van der Waals surface area (Å²) in [4.78, 5) is 40.1. The fourth-order valence-corrected chi connectivity index (χ4v) is 6.42. The number of aromatic amines is 1. The van der Waals surface area contributed by atoms with Gasteiger partial charge in [-0.1, -0.05) is 60.7 Å². The molecule has 1 aliphatic rings. The third-order valence-electron chi connectivity index (χ3n) is 9.21. The molecule has 0 saturated heterocycles. The van der Waals surface area contributed by atoms with Crippen LogP contribution < -0.4 is 27.2 Å². The number of phenols is 1. The van der Waals surface area contributed by atoms with Crippen LogP contribution in [0.5, 0.6) is 5.75 Å². The van der Waals surface area contributed by atoms with Gasteiger partial charge in [-0.25, -0.2) is 4.79 Å². The number of carbonyl (C=O) groups is 2. The lowest BCUT2D eigenvalue weighted by Gasteiger charge is -2.26. The van der Waals surface area contributed by atoms with E-state index >= 15 is 0 Å². The van der Waals surface area contributed by atoms with Gasteiger partial charge in [-0.3, -0.25) is 14.9 Å². The Morgan fingerprint density at radius 3 is 2.32 bits per heavy atom. The van der Waals surface area contributed by atoms with E-state index < -0.39 is 12.2 Å². The third-order valence-corrected chi connectivity index (χ3v) is 9.21. The molecule has 1 aliphatic carbocycles. The van der Waals surface area contributed by atoms with Crippen LogP contribution in [0.25, 0.3) is 22.0 Å². The molecule has 5 aromatic rings. The van der Waals surface area contributed by atoms with Crippen LogP contribution in [0.1, 0.15) is 54.9 Å². The molecular weight excluding hydrogens is 717 g/mol. The number of rotatable bonds is 12. The number of carbonyl (C=O) groups excluding carboxylic acids is 2. The summed E-state index contributed by atoms with van der Waals surface area (Å²) in [5.74, 6) is -0.193. The van der Waals surface area contributed by atoms with Crippen molar-refractivity contribution in [2.75, 3.05) is 17.2 Å². The van der Waals surface area contributed by atoms with Crippen molar-refractivity contribution in [3.63, 3.8) is 0 Å². The maximum atomic E-state index is 12.9. The van der Waals surface area contributed by atoms with E-state index in [2.05, 4.69) is 20.9 Å². The summed E-state index contributed by atoms with van der Waals surface area (Å²) in [5.41, 5.74) is 11.5. The fourth-order valence-electron chi connectivity index (χ4n) is 6.42. The molecule has 0 spiro atoms. The Hall–Kier alpha value is -4.91. The molecule has 1 saturated carbocycles. The predicted molar refractivity (Wildman–Crippen MR) is 213 cm³/mol. The quantitative estimate of drug-likeness (QED) is 0.0713. The summed E-state index contributed by atoms with van der Waals surface area (Å²) in [6.07, 6.45) is 2.39. The molecule has 6 rings (SSSR count). The molecule has 11 nitrogen and oxygen atoms in total. The number of pyridine rings is 1. The van der Waals surface area contributed by atoms with Crippen molar-refractivity contribution in [3.05, 3.63) is 124 Å². The second-order valence-electron chi connectivity index (χ2n) is 13.0. The van der Waals surface area contributed by atoms with Gasteiger partial charge in [0, 0.05) is 48.3 Å². The van der Waals surface area contributed by atoms with E-state index in [1.807, 2.05) is 72.8 Å². The lowest BCUT2D eigenvalue weighted by molar-refractivity contribution is -0.116. The molecule has 13 heteroatoms. The Kier molecular flexibility index (Phi) is 14.8. The van der Waals surface area contributed by atoms with Crippen LogP contribution in [0.3, 0.4) is 0 Å². The van der Waals surface area contributed by atoms with Crippen molar-refractivity contribution in [1.29, 1.82) is 0 Å². The zero-order chi connectivity index (χ0) is 35.7. The lowest BCUT2D eigenvalue weighted by Crippen LogP contribution is -2.32. The normalized spacial score (nSPS) is 15.7. The number of halogens is 2. The van der Waals surface area contributed by atoms with Gasteiger partial charge in [0.2, 0.25) is 11.5 Å². The van der Waals surface area contributed by atoms with E-state index in [1.165, 1.54) is 12.1 Å². The highest BCUT2D eigenvalue weighted by atomic mass is 35.5. The van der Waals surface area contributed by atoms with Crippen molar-refractivity contribution >= 4 is 59.1 Å². The van der Waals surface area contributed by atoms with E-state index in [4.69, 9.17) is 10.5 Å². The highest BCUT2D eigenvalue weighted by molar-refractivity contribution is 5.93. The monoisotopic (exact) mass is 761 g/mol. The molecule has 2 amide bonds. The largest absolute Gasteiger partial charge is 0.506 e. The van der Waals surface area contributed by atoms with Gasteiger partial charge in [-0.15, -0.1) is 24.8 Å². The Morgan fingerprint density at radius 2 is 1.58 bits per heavy atom. The number of nitrogens with one attached hydrogen (secondary N) is 4. The summed E-state index contributed by atoms with van der Waals surface area (Å²) in [5, 5.41) is 30.6. The first kappa shape index (κ1) is 40.9. The number of ether oxygens (including phenoxy) is 1. The zero-order valence-corrected chi connectivity index (χ0v) is 30.7. The van der Waals surface area contributed by atoms with Gasteiger partial charge < -0.3 is 36.3 Å². The fraction of sp³-hybridized carbons (Fsp3) is 0.275. The molecule has 1 atom stereocenters. The smallest absolute Gasteiger partial charge is 0.411 e. The highest BCUT2D eigenvalue weighted by Gasteiger charge is 2.22. The number of aliphatic hydroxyl groups is 1. The average Bonchev–Trinajstić information content (AvgIpc) is 3.13. The van der Waals surface area contributed by atoms with E-state index in [0.717, 1.165) is 47.9 Å². The number of benzene rings is 4. The molecular formula is C40H45Cl2N5O6. The Bertz CT molecular complexity index is 2040. The van der Waals surface area contributed by atoms with E-state index in [0.29, 0.717) is 35.3 Å². The van der Waals surface area contributed by atoms with Gasteiger partial charge in [0.05, 0.1) is 17.3 Å². The number of H-pyrrole nitrogens is 1. The van der Waals surface area contributed by atoms with E-state index in [1.54, 1.807) is 12.1 Å². The second kappa shape index (κ2) is 19.2. The number of aliphatic hydroxyl groups excluding tert-OH is 1. The van der Waals surface area contributed by atoms with Crippen molar-refractivity contribution < 1.29 is 24.5 Å². The summed E-state index contributed by atoms with van der Waals surface area (Å²) in [7, 11) is 0. The van der Waals surface area contributed by atoms with Crippen LogP contribution in [-0.2, 0) is 22.5 Å². The Balaban J connectivity index is 0.00000314. The topological polar surface area (TPSA) is 179 Å². The summed E-state index contributed by atoms with van der Waals surface area (Å²) >= 11 is 0. The van der Waals surface area contributed by atoms with Gasteiger partial charge >= 0.3 is 6.09 Å². The summed E-state index contributed by atoms with van der Waals surface area (Å²) in [6.45, 7) is 0.730. The standard InChI is InChI=1S/C40H43N5O6.2ClH/c41-28-10-14-30(15-11-28)51-40(50)44-34-22-25(8-16-31(34)27-4-2-1-3-5-27)9-20-37(48)43-29-12-6-26(7-13-29)23-42-24-36(47)32-17-19-35(46)39-33(32)18-21-38(49)45-39;;/h1-8,12-13,16-19,21-22,28,30,36,42,46-47H,9-11,14-15,20,23-24,41H2,(H,43,48)(H,44,50)(H,45,49);2*1H/t28?,30?,36-;;/m0../s1. The number of aryl methyl sites for hydroxylation is 1. The van der Waals surface area contributed by atoms with Gasteiger partial charge in [0.25, 0.3) is 0 Å². The number of fused-ring (bicyclic) bond motifs is 1. The number of aromatic nitrogens is 1. The first-order valence-electron chi connectivity index (χ1n) is 17.3. The number of hydrogen-bond donors (Lipinski definition) is 7. The maximum Gasteiger partial charge on any atom is 0.411 e. The van der Waals surface area contributed by atoms with Crippen LogP contribution in [0.15, 0.2) is 102 Å². The molecule has 4 aromatic carbocycles. The highest BCUT2D eigenvalue weighted by Crippen LogP contribution is 2.31. The lowest BCUT2D eigenvalue weighted by atomic mass is 9.94. The molecule has 1 aromatic heterocycles. The van der Waals surface area contributed by atoms with Gasteiger partial charge in [-0.2, -0.15) is 0 Å². The molecule has 0 radical (unpaired) electrons. The maximum absolute atomic E-state index is 12.9. The Morgan fingerprint density at radius 1 is 0.868 bits per heavy atom. The molecule has 53 heavy (non-hydrogen) atoms. The van der Waals surface area contributed by atoms with Crippen molar-refractivity contribution in [1.82, 2.24) is 10.3 Å². The van der Waals surface area contributed by atoms with Crippen LogP contribution >= 0.6 is 24.8 Å². The number of aromatic hydroxyl groups is 1. The minimum atomic E-state index is -0.866. The molecule has 0 unspecified atom stereocenters. The molecule has 8 N–H and O–H groups in total.